The van der Waals surface area contributed by atoms with Crippen molar-refractivity contribution >= 4 is 0 Å². The van der Waals surface area contributed by atoms with Crippen LogP contribution in [0.5, 0.6) is 0 Å². The molecule has 110 valence electrons. The summed E-state index contributed by atoms with van der Waals surface area (Å²) in [7, 11) is 0. The van der Waals surface area contributed by atoms with Gasteiger partial charge in [-0.25, -0.2) is 0 Å². The fourth-order valence-electron chi connectivity index (χ4n) is 2.58. The van der Waals surface area contributed by atoms with E-state index in [0.29, 0.717) is 12.8 Å². The number of rotatable bonds is 7. The summed E-state index contributed by atoms with van der Waals surface area (Å²) < 4.78 is 0. The maximum absolute atomic E-state index is 10.2. The van der Waals surface area contributed by atoms with E-state index >= 15 is 0 Å². The Kier molecular flexibility index (Phi) is 5.73. The van der Waals surface area contributed by atoms with Crippen LogP contribution < -0.4 is 0 Å². The molecule has 0 amide bonds. The van der Waals surface area contributed by atoms with Crippen molar-refractivity contribution in [3.8, 4) is 0 Å². The molecule has 0 aromatic heterocycles. The second-order valence-electron chi connectivity index (χ2n) is 5.30. The SMILES string of the molecule is C=CC(O)CC(O)CC(c1ccccc1)c1ccccc1. The molecule has 0 saturated heterocycles. The van der Waals surface area contributed by atoms with Crippen molar-refractivity contribution in [2.24, 2.45) is 0 Å². The summed E-state index contributed by atoms with van der Waals surface area (Å²) in [5.74, 6) is 0.124. The molecule has 0 aliphatic rings. The zero-order valence-corrected chi connectivity index (χ0v) is 12.1. The number of hydrogen-bond donors (Lipinski definition) is 2. The van der Waals surface area contributed by atoms with Crippen LogP contribution in [0.15, 0.2) is 73.3 Å². The molecule has 0 saturated carbocycles. The lowest BCUT2D eigenvalue weighted by atomic mass is 9.85. The van der Waals surface area contributed by atoms with E-state index in [2.05, 4.69) is 30.8 Å². The van der Waals surface area contributed by atoms with Gasteiger partial charge < -0.3 is 10.2 Å². The predicted molar refractivity (Wildman–Crippen MR) is 86.2 cm³/mol. The molecule has 0 spiro atoms. The molecular weight excluding hydrogens is 260 g/mol. The Bertz CT molecular complexity index is 497. The van der Waals surface area contributed by atoms with Gasteiger partial charge in [-0.3, -0.25) is 0 Å². The van der Waals surface area contributed by atoms with Crippen molar-refractivity contribution in [2.45, 2.75) is 31.0 Å². The molecule has 21 heavy (non-hydrogen) atoms. The van der Waals surface area contributed by atoms with Gasteiger partial charge in [0.25, 0.3) is 0 Å². The topological polar surface area (TPSA) is 40.5 Å². The van der Waals surface area contributed by atoms with Crippen molar-refractivity contribution in [2.75, 3.05) is 0 Å². The molecule has 2 aromatic rings. The average molecular weight is 282 g/mol. The van der Waals surface area contributed by atoms with Crippen LogP contribution in [-0.2, 0) is 0 Å². The molecule has 2 rings (SSSR count). The lowest BCUT2D eigenvalue weighted by molar-refractivity contribution is 0.0949. The molecule has 0 radical (unpaired) electrons. The van der Waals surface area contributed by atoms with E-state index in [0.717, 1.165) is 0 Å². The standard InChI is InChI=1S/C19H22O2/c1-2-17(20)13-18(21)14-19(15-9-5-3-6-10-15)16-11-7-4-8-12-16/h2-12,17-21H,1,13-14H2. The normalized spacial score (nSPS) is 13.9. The van der Waals surface area contributed by atoms with Gasteiger partial charge >= 0.3 is 0 Å². The van der Waals surface area contributed by atoms with Gasteiger partial charge in [0.2, 0.25) is 0 Å². The molecule has 0 fully saturated rings. The third-order valence-electron chi connectivity index (χ3n) is 3.70. The first kappa shape index (κ1) is 15.5. The summed E-state index contributed by atoms with van der Waals surface area (Å²) in [5, 5.41) is 19.8. The van der Waals surface area contributed by atoms with E-state index in [-0.39, 0.29) is 5.92 Å². The molecule has 0 bridgehead atoms. The number of hydrogen-bond acceptors (Lipinski definition) is 2. The summed E-state index contributed by atoms with van der Waals surface area (Å²) in [5.41, 5.74) is 2.35. The Labute approximate surface area is 126 Å². The summed E-state index contributed by atoms with van der Waals surface area (Å²) in [4.78, 5) is 0. The smallest absolute Gasteiger partial charge is 0.0742 e. The predicted octanol–water partition coefficient (Wildman–Crippen LogP) is 3.51. The van der Waals surface area contributed by atoms with Crippen LogP contribution in [0.25, 0.3) is 0 Å². The van der Waals surface area contributed by atoms with Gasteiger partial charge in [0.1, 0.15) is 0 Å². The lowest BCUT2D eigenvalue weighted by Crippen LogP contribution is -2.19. The van der Waals surface area contributed by atoms with E-state index in [1.807, 2.05) is 36.4 Å². The van der Waals surface area contributed by atoms with Crippen LogP contribution >= 0.6 is 0 Å². The zero-order valence-electron chi connectivity index (χ0n) is 12.1. The van der Waals surface area contributed by atoms with Gasteiger partial charge in [0, 0.05) is 12.3 Å². The third-order valence-corrected chi connectivity index (χ3v) is 3.70. The quantitative estimate of drug-likeness (QED) is 0.763. The van der Waals surface area contributed by atoms with Gasteiger partial charge in [-0.2, -0.15) is 0 Å². The second kappa shape index (κ2) is 7.77. The van der Waals surface area contributed by atoms with E-state index in [9.17, 15) is 10.2 Å². The fraction of sp³-hybridized carbons (Fsp3) is 0.263. The Balaban J connectivity index is 2.19. The van der Waals surface area contributed by atoms with E-state index in [1.165, 1.54) is 17.2 Å². The fourth-order valence-corrected chi connectivity index (χ4v) is 2.58. The number of aliphatic hydroxyl groups excluding tert-OH is 2. The van der Waals surface area contributed by atoms with Crippen LogP contribution in [-0.4, -0.2) is 22.4 Å². The van der Waals surface area contributed by atoms with Crippen molar-refractivity contribution in [1.29, 1.82) is 0 Å². The van der Waals surface area contributed by atoms with Crippen molar-refractivity contribution in [3.05, 3.63) is 84.4 Å². The molecule has 2 N–H and O–H groups in total. The minimum absolute atomic E-state index is 0.124. The monoisotopic (exact) mass is 282 g/mol. The van der Waals surface area contributed by atoms with Gasteiger partial charge in [0.05, 0.1) is 12.2 Å². The average Bonchev–Trinajstić information content (AvgIpc) is 2.54. The molecule has 0 aliphatic carbocycles. The first-order chi connectivity index (χ1) is 10.2. The van der Waals surface area contributed by atoms with E-state index in [4.69, 9.17) is 0 Å². The minimum Gasteiger partial charge on any atom is -0.393 e. The van der Waals surface area contributed by atoms with Crippen molar-refractivity contribution < 1.29 is 10.2 Å². The van der Waals surface area contributed by atoms with E-state index in [1.54, 1.807) is 0 Å². The van der Waals surface area contributed by atoms with Crippen LogP contribution in [0.1, 0.15) is 29.9 Å². The summed E-state index contributed by atoms with van der Waals surface area (Å²) in [6, 6.07) is 20.3. The van der Waals surface area contributed by atoms with Crippen LogP contribution in [0.3, 0.4) is 0 Å². The number of aliphatic hydroxyl groups is 2. The molecule has 2 nitrogen and oxygen atoms in total. The molecular formula is C19H22O2. The molecule has 0 heterocycles. The highest BCUT2D eigenvalue weighted by Crippen LogP contribution is 2.30. The van der Waals surface area contributed by atoms with Gasteiger partial charge in [-0.15, -0.1) is 6.58 Å². The van der Waals surface area contributed by atoms with Gasteiger partial charge in [-0.1, -0.05) is 66.7 Å². The van der Waals surface area contributed by atoms with E-state index < -0.39 is 12.2 Å². The maximum atomic E-state index is 10.2. The maximum Gasteiger partial charge on any atom is 0.0742 e. The molecule has 2 aromatic carbocycles. The highest BCUT2D eigenvalue weighted by atomic mass is 16.3. The van der Waals surface area contributed by atoms with Crippen molar-refractivity contribution in [3.63, 3.8) is 0 Å². The van der Waals surface area contributed by atoms with Crippen molar-refractivity contribution in [1.82, 2.24) is 0 Å². The Hall–Kier alpha value is -1.90. The highest BCUT2D eigenvalue weighted by Gasteiger charge is 2.19. The molecule has 2 unspecified atom stereocenters. The third kappa shape index (κ3) is 4.55. The Morgan fingerprint density at radius 3 is 1.71 bits per heavy atom. The largest absolute Gasteiger partial charge is 0.393 e. The summed E-state index contributed by atoms with van der Waals surface area (Å²) in [6.45, 7) is 3.55. The van der Waals surface area contributed by atoms with Crippen LogP contribution in [0.2, 0.25) is 0 Å². The summed E-state index contributed by atoms with van der Waals surface area (Å²) >= 11 is 0. The Morgan fingerprint density at radius 2 is 1.29 bits per heavy atom. The number of benzene rings is 2. The lowest BCUT2D eigenvalue weighted by Gasteiger charge is -2.22. The summed E-state index contributed by atoms with van der Waals surface area (Å²) in [6.07, 6.45) is 1.14. The highest BCUT2D eigenvalue weighted by molar-refractivity contribution is 5.32. The first-order valence-electron chi connectivity index (χ1n) is 7.29. The molecule has 0 aliphatic heterocycles. The van der Waals surface area contributed by atoms with Gasteiger partial charge in [-0.05, 0) is 17.5 Å². The molecule has 2 heteroatoms. The van der Waals surface area contributed by atoms with Crippen LogP contribution in [0, 0.1) is 0 Å². The zero-order chi connectivity index (χ0) is 15.1. The second-order valence-corrected chi connectivity index (χ2v) is 5.30. The Morgan fingerprint density at radius 1 is 0.810 bits per heavy atom. The molecule has 2 atom stereocenters. The minimum atomic E-state index is -0.660. The first-order valence-corrected chi connectivity index (χ1v) is 7.29. The van der Waals surface area contributed by atoms with Crippen LogP contribution in [0.4, 0.5) is 0 Å². The van der Waals surface area contributed by atoms with Gasteiger partial charge in [0.15, 0.2) is 0 Å².